The van der Waals surface area contributed by atoms with Gasteiger partial charge in [0.2, 0.25) is 0 Å². The number of nitrogens with zero attached hydrogens (tertiary/aromatic N) is 1. The van der Waals surface area contributed by atoms with Crippen molar-refractivity contribution in [3.63, 3.8) is 0 Å². The smallest absolute Gasteiger partial charge is 0.338 e. The maximum atomic E-state index is 12.9. The zero-order chi connectivity index (χ0) is 18.6. The zero-order valence-electron chi connectivity index (χ0n) is 14.3. The topological polar surface area (TPSA) is 80.8 Å². The number of sulfone groups is 1. The minimum absolute atomic E-state index is 0.0582. The molecular weight excluding hydrogens is 349 g/mol. The third kappa shape index (κ3) is 5.52. The number of carbonyl (C=O) groups excluding carboxylic acids is 2. The summed E-state index contributed by atoms with van der Waals surface area (Å²) in [5.41, 5.74) is 0.146. The van der Waals surface area contributed by atoms with Gasteiger partial charge in [-0.2, -0.15) is 0 Å². The molecule has 0 N–H and O–H groups in total. The lowest BCUT2D eigenvalue weighted by Crippen LogP contribution is -2.45. The summed E-state index contributed by atoms with van der Waals surface area (Å²) in [4.78, 5) is 25.9. The molecule has 1 unspecified atom stereocenters. The highest BCUT2D eigenvalue weighted by Crippen LogP contribution is 2.19. The molecule has 1 aromatic rings. The highest BCUT2D eigenvalue weighted by Gasteiger charge is 2.35. The third-order valence-electron chi connectivity index (χ3n) is 3.94. The summed E-state index contributed by atoms with van der Waals surface area (Å²) in [6.45, 7) is 3.77. The van der Waals surface area contributed by atoms with Crippen molar-refractivity contribution in [2.24, 2.45) is 5.92 Å². The molecule has 6 nitrogen and oxygen atoms in total. The minimum atomic E-state index is -3.13. The summed E-state index contributed by atoms with van der Waals surface area (Å²) in [6, 6.07) is 4.43. The van der Waals surface area contributed by atoms with Crippen LogP contribution in [0.4, 0.5) is 4.39 Å². The molecule has 0 saturated carbocycles. The van der Waals surface area contributed by atoms with Gasteiger partial charge in [0.1, 0.15) is 5.82 Å². The van der Waals surface area contributed by atoms with Gasteiger partial charge in [0.15, 0.2) is 16.4 Å². The molecule has 25 heavy (non-hydrogen) atoms. The van der Waals surface area contributed by atoms with Crippen LogP contribution in [0.2, 0.25) is 0 Å². The predicted octanol–water partition coefficient (Wildman–Crippen LogP) is 1.65. The predicted molar refractivity (Wildman–Crippen MR) is 90.3 cm³/mol. The molecular formula is C17H22FNO5S. The van der Waals surface area contributed by atoms with E-state index in [1.165, 1.54) is 17.0 Å². The average Bonchev–Trinajstić information content (AvgIpc) is 2.90. The molecule has 1 saturated heterocycles. The molecule has 1 heterocycles. The van der Waals surface area contributed by atoms with Gasteiger partial charge >= 0.3 is 5.97 Å². The lowest BCUT2D eigenvalue weighted by atomic mass is 10.1. The van der Waals surface area contributed by atoms with E-state index in [2.05, 4.69) is 0 Å². The number of halogens is 1. The van der Waals surface area contributed by atoms with Gasteiger partial charge in [-0.05, 0) is 36.6 Å². The number of rotatable bonds is 6. The number of ether oxygens (including phenoxy) is 1. The number of amides is 1. The van der Waals surface area contributed by atoms with Crippen molar-refractivity contribution in [1.82, 2.24) is 4.90 Å². The summed E-state index contributed by atoms with van der Waals surface area (Å²) < 4.78 is 41.2. The standard InChI is InChI=1S/C17H22FNO5S/c1-12(2)9-19(15-7-8-25(22,23)11-15)16(20)10-24-17(21)13-3-5-14(18)6-4-13/h3-6,12,15H,7-11H2,1-2H3. The van der Waals surface area contributed by atoms with Crippen molar-refractivity contribution in [2.75, 3.05) is 24.7 Å². The van der Waals surface area contributed by atoms with Crippen LogP contribution in [0.1, 0.15) is 30.6 Å². The fourth-order valence-corrected chi connectivity index (χ4v) is 4.48. The first-order chi connectivity index (χ1) is 11.7. The fourth-order valence-electron chi connectivity index (χ4n) is 2.75. The van der Waals surface area contributed by atoms with Gasteiger partial charge in [-0.25, -0.2) is 17.6 Å². The van der Waals surface area contributed by atoms with E-state index in [1.54, 1.807) is 0 Å². The fraction of sp³-hybridized carbons (Fsp3) is 0.529. The van der Waals surface area contributed by atoms with Crippen LogP contribution in [-0.2, 0) is 19.4 Å². The summed E-state index contributed by atoms with van der Waals surface area (Å²) >= 11 is 0. The summed E-state index contributed by atoms with van der Waals surface area (Å²) in [5, 5.41) is 0. The third-order valence-corrected chi connectivity index (χ3v) is 5.69. The molecule has 1 amide bonds. The van der Waals surface area contributed by atoms with E-state index >= 15 is 0 Å². The van der Waals surface area contributed by atoms with Crippen molar-refractivity contribution >= 4 is 21.7 Å². The van der Waals surface area contributed by atoms with Crippen LogP contribution in [0, 0.1) is 11.7 Å². The number of hydrogen-bond acceptors (Lipinski definition) is 5. The maximum Gasteiger partial charge on any atom is 0.338 e. The highest BCUT2D eigenvalue weighted by atomic mass is 32.2. The normalized spacial score (nSPS) is 19.0. The van der Waals surface area contributed by atoms with Crippen LogP contribution >= 0.6 is 0 Å². The van der Waals surface area contributed by atoms with Crippen molar-refractivity contribution in [2.45, 2.75) is 26.3 Å². The van der Waals surface area contributed by atoms with E-state index in [0.29, 0.717) is 13.0 Å². The van der Waals surface area contributed by atoms with Crippen molar-refractivity contribution in [1.29, 1.82) is 0 Å². The summed E-state index contributed by atoms with van der Waals surface area (Å²) in [5.74, 6) is -1.46. The Balaban J connectivity index is 1.99. The van der Waals surface area contributed by atoms with Gasteiger partial charge in [-0.15, -0.1) is 0 Å². The molecule has 0 spiro atoms. The van der Waals surface area contributed by atoms with Crippen LogP contribution < -0.4 is 0 Å². The van der Waals surface area contributed by atoms with E-state index in [1.807, 2.05) is 13.8 Å². The van der Waals surface area contributed by atoms with E-state index in [9.17, 15) is 22.4 Å². The molecule has 0 radical (unpaired) electrons. The lowest BCUT2D eigenvalue weighted by Gasteiger charge is -2.29. The van der Waals surface area contributed by atoms with Crippen LogP contribution in [-0.4, -0.2) is 55.9 Å². The summed E-state index contributed by atoms with van der Waals surface area (Å²) in [6.07, 6.45) is 0.396. The molecule has 0 bridgehead atoms. The van der Waals surface area contributed by atoms with Crippen LogP contribution in [0.5, 0.6) is 0 Å². The first-order valence-corrected chi connectivity index (χ1v) is 9.92. The zero-order valence-corrected chi connectivity index (χ0v) is 15.1. The minimum Gasteiger partial charge on any atom is -0.452 e. The molecule has 0 aromatic heterocycles. The van der Waals surface area contributed by atoms with Gasteiger partial charge in [0, 0.05) is 12.6 Å². The van der Waals surface area contributed by atoms with Gasteiger partial charge in [0.05, 0.1) is 17.1 Å². The monoisotopic (exact) mass is 371 g/mol. The first-order valence-electron chi connectivity index (χ1n) is 8.10. The molecule has 138 valence electrons. The van der Waals surface area contributed by atoms with Gasteiger partial charge in [0.25, 0.3) is 5.91 Å². The van der Waals surface area contributed by atoms with E-state index in [-0.39, 0.29) is 29.0 Å². The Kier molecular flexibility index (Phi) is 6.16. The second kappa shape index (κ2) is 7.95. The van der Waals surface area contributed by atoms with Gasteiger partial charge < -0.3 is 9.64 Å². The largest absolute Gasteiger partial charge is 0.452 e. The Morgan fingerprint density at radius 2 is 1.92 bits per heavy atom. The maximum absolute atomic E-state index is 12.9. The number of benzene rings is 1. The Morgan fingerprint density at radius 3 is 2.44 bits per heavy atom. The molecule has 1 fully saturated rings. The molecule has 1 aliphatic heterocycles. The second-order valence-electron chi connectivity index (χ2n) is 6.58. The SMILES string of the molecule is CC(C)CN(C(=O)COC(=O)c1ccc(F)cc1)C1CCS(=O)(=O)C1. The van der Waals surface area contributed by atoms with E-state index in [0.717, 1.165) is 12.1 Å². The molecule has 1 aromatic carbocycles. The van der Waals surface area contributed by atoms with Crippen LogP contribution in [0.25, 0.3) is 0 Å². The van der Waals surface area contributed by atoms with E-state index < -0.39 is 34.1 Å². The first kappa shape index (κ1) is 19.4. The van der Waals surface area contributed by atoms with Crippen LogP contribution in [0.3, 0.4) is 0 Å². The average molecular weight is 371 g/mol. The van der Waals surface area contributed by atoms with E-state index in [4.69, 9.17) is 4.74 Å². The molecule has 2 rings (SSSR count). The Hall–Kier alpha value is -1.96. The molecule has 1 atom stereocenters. The quantitative estimate of drug-likeness (QED) is 0.711. The van der Waals surface area contributed by atoms with Crippen molar-refractivity contribution in [3.05, 3.63) is 35.6 Å². The molecule has 8 heteroatoms. The highest BCUT2D eigenvalue weighted by molar-refractivity contribution is 7.91. The Labute approximate surface area is 146 Å². The number of hydrogen-bond donors (Lipinski definition) is 0. The van der Waals surface area contributed by atoms with Gasteiger partial charge in [-0.3, -0.25) is 4.79 Å². The second-order valence-corrected chi connectivity index (χ2v) is 8.81. The van der Waals surface area contributed by atoms with Crippen molar-refractivity contribution in [3.8, 4) is 0 Å². The molecule has 0 aliphatic carbocycles. The van der Waals surface area contributed by atoms with Crippen LogP contribution in [0.15, 0.2) is 24.3 Å². The molecule has 1 aliphatic rings. The summed E-state index contributed by atoms with van der Waals surface area (Å²) in [7, 11) is -3.13. The lowest BCUT2D eigenvalue weighted by molar-refractivity contribution is -0.137. The number of esters is 1. The Morgan fingerprint density at radius 1 is 1.28 bits per heavy atom. The number of carbonyl (C=O) groups is 2. The van der Waals surface area contributed by atoms with Gasteiger partial charge in [-0.1, -0.05) is 13.8 Å². The van der Waals surface area contributed by atoms with Crippen molar-refractivity contribution < 1.29 is 27.1 Å². The Bertz CT molecular complexity index is 730.